The molecule has 0 aliphatic carbocycles. The van der Waals surface area contributed by atoms with Crippen LogP contribution >= 0.6 is 11.3 Å². The van der Waals surface area contributed by atoms with Crippen LogP contribution in [-0.2, 0) is 6.54 Å². The van der Waals surface area contributed by atoms with E-state index in [-0.39, 0.29) is 6.04 Å². The predicted octanol–water partition coefficient (Wildman–Crippen LogP) is 2.59. The van der Waals surface area contributed by atoms with E-state index in [0.29, 0.717) is 0 Å². The predicted molar refractivity (Wildman–Crippen MR) is 56.1 cm³/mol. The molecule has 0 amide bonds. The molecule has 0 saturated heterocycles. The normalized spacial score (nSPS) is 12.9. The molecule has 0 fully saturated rings. The molecule has 1 N–H and O–H groups in total. The molecular formula is C10H12N2OS. The Hall–Kier alpha value is -1.13. The van der Waals surface area contributed by atoms with E-state index in [9.17, 15) is 0 Å². The van der Waals surface area contributed by atoms with Gasteiger partial charge in [0.25, 0.3) is 0 Å². The van der Waals surface area contributed by atoms with Crippen molar-refractivity contribution in [3.63, 3.8) is 0 Å². The Kier molecular flexibility index (Phi) is 2.96. The summed E-state index contributed by atoms with van der Waals surface area (Å²) in [6, 6.07) is 4.12. The molecule has 2 aromatic heterocycles. The monoisotopic (exact) mass is 208 g/mol. The van der Waals surface area contributed by atoms with E-state index < -0.39 is 0 Å². The summed E-state index contributed by atoms with van der Waals surface area (Å²) in [5, 5.41) is 3.36. The molecule has 0 aliphatic heterocycles. The van der Waals surface area contributed by atoms with Gasteiger partial charge in [-0.15, -0.1) is 11.3 Å². The van der Waals surface area contributed by atoms with Crippen molar-refractivity contribution in [3.05, 3.63) is 40.7 Å². The number of furan rings is 1. The minimum atomic E-state index is 0.243. The van der Waals surface area contributed by atoms with E-state index in [0.717, 1.165) is 12.3 Å². The molecule has 14 heavy (non-hydrogen) atoms. The van der Waals surface area contributed by atoms with Crippen LogP contribution in [0.4, 0.5) is 0 Å². The minimum Gasteiger partial charge on any atom is -0.468 e. The van der Waals surface area contributed by atoms with Crippen LogP contribution in [0.1, 0.15) is 23.6 Å². The third-order valence-electron chi connectivity index (χ3n) is 2.04. The topological polar surface area (TPSA) is 38.1 Å². The molecule has 4 heteroatoms. The maximum atomic E-state index is 5.29. The van der Waals surface area contributed by atoms with E-state index in [1.807, 2.05) is 23.8 Å². The van der Waals surface area contributed by atoms with E-state index in [1.165, 1.54) is 4.88 Å². The van der Waals surface area contributed by atoms with Crippen molar-refractivity contribution in [1.82, 2.24) is 10.3 Å². The van der Waals surface area contributed by atoms with Gasteiger partial charge >= 0.3 is 0 Å². The van der Waals surface area contributed by atoms with Crippen molar-refractivity contribution in [3.8, 4) is 0 Å². The number of aromatic nitrogens is 1. The molecule has 0 unspecified atom stereocenters. The lowest BCUT2D eigenvalue weighted by Gasteiger charge is -2.09. The third kappa shape index (κ3) is 2.21. The molecule has 0 bridgehead atoms. The number of rotatable bonds is 4. The van der Waals surface area contributed by atoms with Gasteiger partial charge < -0.3 is 9.73 Å². The van der Waals surface area contributed by atoms with E-state index >= 15 is 0 Å². The maximum Gasteiger partial charge on any atom is 0.120 e. The van der Waals surface area contributed by atoms with Gasteiger partial charge in [-0.3, -0.25) is 4.98 Å². The van der Waals surface area contributed by atoms with E-state index in [2.05, 4.69) is 17.2 Å². The first-order valence-electron chi connectivity index (χ1n) is 4.50. The Morgan fingerprint density at radius 3 is 3.21 bits per heavy atom. The zero-order chi connectivity index (χ0) is 9.80. The Morgan fingerprint density at radius 1 is 1.64 bits per heavy atom. The smallest absolute Gasteiger partial charge is 0.120 e. The van der Waals surface area contributed by atoms with Gasteiger partial charge in [0.15, 0.2) is 0 Å². The highest BCUT2D eigenvalue weighted by Gasteiger charge is 2.07. The number of thiazole rings is 1. The average molecular weight is 208 g/mol. The van der Waals surface area contributed by atoms with Crippen LogP contribution in [0, 0.1) is 0 Å². The number of hydrogen-bond donors (Lipinski definition) is 1. The highest BCUT2D eigenvalue weighted by atomic mass is 32.1. The Bertz CT molecular complexity index is 355. The summed E-state index contributed by atoms with van der Waals surface area (Å²) >= 11 is 1.66. The molecule has 0 aromatic carbocycles. The largest absolute Gasteiger partial charge is 0.468 e. The zero-order valence-corrected chi connectivity index (χ0v) is 8.75. The fraction of sp³-hybridized carbons (Fsp3) is 0.300. The molecule has 2 heterocycles. The highest BCUT2D eigenvalue weighted by molar-refractivity contribution is 7.09. The lowest BCUT2D eigenvalue weighted by atomic mass is 10.2. The van der Waals surface area contributed by atoms with Crippen LogP contribution in [0.25, 0.3) is 0 Å². The van der Waals surface area contributed by atoms with Gasteiger partial charge in [-0.1, -0.05) is 0 Å². The SMILES string of the molecule is C[C@H](NCc1cncs1)c1ccco1. The van der Waals surface area contributed by atoms with Crippen molar-refractivity contribution >= 4 is 11.3 Å². The van der Waals surface area contributed by atoms with Crippen molar-refractivity contribution < 1.29 is 4.42 Å². The summed E-state index contributed by atoms with van der Waals surface area (Å²) in [7, 11) is 0. The van der Waals surface area contributed by atoms with Crippen molar-refractivity contribution in [1.29, 1.82) is 0 Å². The molecule has 1 atom stereocenters. The number of hydrogen-bond acceptors (Lipinski definition) is 4. The second-order valence-corrected chi connectivity index (χ2v) is 4.06. The van der Waals surface area contributed by atoms with Crippen LogP contribution in [0.3, 0.4) is 0 Å². The second-order valence-electron chi connectivity index (χ2n) is 3.09. The molecule has 74 valence electrons. The molecule has 2 rings (SSSR count). The van der Waals surface area contributed by atoms with Crippen LogP contribution in [-0.4, -0.2) is 4.98 Å². The fourth-order valence-electron chi connectivity index (χ4n) is 1.22. The first kappa shape index (κ1) is 9.43. The van der Waals surface area contributed by atoms with Gasteiger partial charge in [0.05, 0.1) is 17.8 Å². The van der Waals surface area contributed by atoms with Gasteiger partial charge in [-0.05, 0) is 19.1 Å². The van der Waals surface area contributed by atoms with Gasteiger partial charge in [0.1, 0.15) is 5.76 Å². The van der Waals surface area contributed by atoms with Crippen LogP contribution in [0.15, 0.2) is 34.5 Å². The van der Waals surface area contributed by atoms with Crippen LogP contribution < -0.4 is 5.32 Å². The van der Waals surface area contributed by atoms with Gasteiger partial charge in [-0.2, -0.15) is 0 Å². The highest BCUT2D eigenvalue weighted by Crippen LogP contribution is 2.13. The van der Waals surface area contributed by atoms with Gasteiger partial charge in [0, 0.05) is 17.6 Å². The van der Waals surface area contributed by atoms with Crippen molar-refractivity contribution in [2.24, 2.45) is 0 Å². The van der Waals surface area contributed by atoms with Crippen molar-refractivity contribution in [2.45, 2.75) is 19.5 Å². The summed E-state index contributed by atoms with van der Waals surface area (Å²) in [5.74, 6) is 0.967. The Balaban J connectivity index is 1.87. The molecule has 2 aromatic rings. The molecule has 0 saturated carbocycles. The Morgan fingerprint density at radius 2 is 2.57 bits per heavy atom. The molecule has 3 nitrogen and oxygen atoms in total. The molecule has 0 radical (unpaired) electrons. The quantitative estimate of drug-likeness (QED) is 0.839. The number of nitrogens with zero attached hydrogens (tertiary/aromatic N) is 1. The molecular weight excluding hydrogens is 196 g/mol. The molecule has 0 aliphatic rings. The summed E-state index contributed by atoms with van der Waals surface area (Å²) in [4.78, 5) is 5.26. The van der Waals surface area contributed by atoms with Crippen LogP contribution in [0.2, 0.25) is 0 Å². The van der Waals surface area contributed by atoms with Crippen LogP contribution in [0.5, 0.6) is 0 Å². The van der Waals surface area contributed by atoms with Gasteiger partial charge in [-0.25, -0.2) is 0 Å². The Labute approximate surface area is 86.8 Å². The zero-order valence-electron chi connectivity index (χ0n) is 7.93. The van der Waals surface area contributed by atoms with Gasteiger partial charge in [0.2, 0.25) is 0 Å². The lowest BCUT2D eigenvalue weighted by molar-refractivity contribution is 0.431. The fourth-order valence-corrected chi connectivity index (χ4v) is 1.77. The van der Waals surface area contributed by atoms with E-state index in [4.69, 9.17) is 4.42 Å². The lowest BCUT2D eigenvalue weighted by Crippen LogP contribution is -2.16. The summed E-state index contributed by atoms with van der Waals surface area (Å²) in [5.41, 5.74) is 1.84. The van der Waals surface area contributed by atoms with E-state index in [1.54, 1.807) is 17.6 Å². The second kappa shape index (κ2) is 4.39. The standard InChI is InChI=1S/C10H12N2OS/c1-8(10-3-2-4-13-10)12-6-9-5-11-7-14-9/h2-5,7-8,12H,6H2,1H3/t8-/m0/s1. The third-order valence-corrected chi connectivity index (χ3v) is 2.82. The summed E-state index contributed by atoms with van der Waals surface area (Å²) < 4.78 is 5.29. The average Bonchev–Trinajstić information content (AvgIpc) is 2.87. The minimum absolute atomic E-state index is 0.243. The summed E-state index contributed by atoms with van der Waals surface area (Å²) in [6.07, 6.45) is 3.58. The first-order chi connectivity index (χ1) is 6.86. The molecule has 0 spiro atoms. The maximum absolute atomic E-state index is 5.29. The van der Waals surface area contributed by atoms with Crippen molar-refractivity contribution in [2.75, 3.05) is 0 Å². The first-order valence-corrected chi connectivity index (χ1v) is 5.38. The number of nitrogens with one attached hydrogen (secondary N) is 1. The summed E-state index contributed by atoms with van der Waals surface area (Å²) in [6.45, 7) is 2.92.